The molecule has 0 aliphatic heterocycles. The highest BCUT2D eigenvalue weighted by atomic mass is 16.5. The lowest BCUT2D eigenvalue weighted by atomic mass is 10.1. The van der Waals surface area contributed by atoms with Crippen LogP contribution in [0.5, 0.6) is 0 Å². The highest BCUT2D eigenvalue weighted by molar-refractivity contribution is 5.92. The lowest BCUT2D eigenvalue weighted by Gasteiger charge is -2.11. The third-order valence-electron chi connectivity index (χ3n) is 3.25. The van der Waals surface area contributed by atoms with E-state index in [1.807, 2.05) is 13.8 Å². The first-order valence-corrected chi connectivity index (χ1v) is 5.92. The molecule has 94 valence electrons. The number of nitrogens with zero attached hydrogens (tertiary/aromatic N) is 1. The van der Waals surface area contributed by atoms with E-state index in [2.05, 4.69) is 10.5 Å². The third kappa shape index (κ3) is 2.66. The summed E-state index contributed by atoms with van der Waals surface area (Å²) in [5, 5.41) is 15.6. The van der Waals surface area contributed by atoms with Crippen LogP contribution in [0.15, 0.2) is 10.6 Å². The van der Waals surface area contributed by atoms with Crippen LogP contribution in [0, 0.1) is 5.41 Å². The monoisotopic (exact) mass is 238 g/mol. The van der Waals surface area contributed by atoms with Gasteiger partial charge in [-0.2, -0.15) is 0 Å². The van der Waals surface area contributed by atoms with E-state index in [4.69, 9.17) is 9.63 Å². The van der Waals surface area contributed by atoms with Gasteiger partial charge in [-0.3, -0.25) is 4.79 Å². The molecule has 1 aromatic rings. The number of nitrogens with one attached hydrogen (secondary N) is 1. The summed E-state index contributed by atoms with van der Waals surface area (Å²) < 4.78 is 5.06. The molecule has 1 saturated carbocycles. The quantitative estimate of drug-likeness (QED) is 0.810. The minimum Gasteiger partial charge on any atom is -0.396 e. The topological polar surface area (TPSA) is 75.4 Å². The predicted molar refractivity (Wildman–Crippen MR) is 61.7 cm³/mol. The third-order valence-corrected chi connectivity index (χ3v) is 3.25. The number of hydrogen-bond donors (Lipinski definition) is 2. The largest absolute Gasteiger partial charge is 0.396 e. The predicted octanol–water partition coefficient (Wildman–Crippen LogP) is 1.30. The van der Waals surface area contributed by atoms with Gasteiger partial charge in [0.2, 0.25) is 0 Å². The average Bonchev–Trinajstić information content (AvgIpc) is 2.92. The molecule has 0 saturated heterocycles. The fourth-order valence-electron chi connectivity index (χ4n) is 1.59. The van der Waals surface area contributed by atoms with Gasteiger partial charge in [-0.25, -0.2) is 0 Å². The van der Waals surface area contributed by atoms with Crippen LogP contribution in [0.1, 0.15) is 48.9 Å². The van der Waals surface area contributed by atoms with Crippen molar-refractivity contribution in [3.8, 4) is 0 Å². The van der Waals surface area contributed by atoms with Gasteiger partial charge in [0, 0.05) is 23.9 Å². The van der Waals surface area contributed by atoms with Crippen molar-refractivity contribution in [3.63, 3.8) is 0 Å². The van der Waals surface area contributed by atoms with Crippen LogP contribution >= 0.6 is 0 Å². The van der Waals surface area contributed by atoms with Crippen LogP contribution in [0.2, 0.25) is 0 Å². The molecule has 5 heteroatoms. The molecule has 1 aromatic heterocycles. The van der Waals surface area contributed by atoms with E-state index in [1.54, 1.807) is 6.07 Å². The van der Waals surface area contributed by atoms with Crippen molar-refractivity contribution in [1.29, 1.82) is 0 Å². The minimum absolute atomic E-state index is 0.0831. The van der Waals surface area contributed by atoms with Gasteiger partial charge in [-0.1, -0.05) is 19.0 Å². The number of hydrogen-bond acceptors (Lipinski definition) is 4. The van der Waals surface area contributed by atoms with Gasteiger partial charge in [0.1, 0.15) is 5.76 Å². The van der Waals surface area contributed by atoms with Crippen molar-refractivity contribution in [2.24, 2.45) is 5.41 Å². The molecule has 1 aliphatic rings. The van der Waals surface area contributed by atoms with Gasteiger partial charge in [0.15, 0.2) is 5.69 Å². The molecule has 1 heterocycles. The molecule has 1 amide bonds. The van der Waals surface area contributed by atoms with E-state index in [1.165, 1.54) is 0 Å². The zero-order chi connectivity index (χ0) is 12.5. The molecule has 0 spiro atoms. The molecular formula is C12H18N2O3. The lowest BCUT2D eigenvalue weighted by molar-refractivity contribution is 0.0926. The van der Waals surface area contributed by atoms with Crippen LogP contribution in [0.3, 0.4) is 0 Å². The number of carbonyl (C=O) groups excluding carboxylic acids is 1. The fraction of sp³-hybridized carbons (Fsp3) is 0.667. The summed E-state index contributed by atoms with van der Waals surface area (Å²) in [6.07, 6.45) is 1.94. The molecule has 17 heavy (non-hydrogen) atoms. The molecule has 0 radical (unpaired) electrons. The van der Waals surface area contributed by atoms with Crippen LogP contribution < -0.4 is 5.32 Å². The van der Waals surface area contributed by atoms with Crippen molar-refractivity contribution < 1.29 is 14.4 Å². The second kappa shape index (κ2) is 4.49. The SMILES string of the molecule is CC(C)c1cc(C(=O)NCC2(CO)CC2)no1. The average molecular weight is 238 g/mol. The maximum atomic E-state index is 11.8. The summed E-state index contributed by atoms with van der Waals surface area (Å²) in [6.45, 7) is 4.59. The molecule has 5 nitrogen and oxygen atoms in total. The van der Waals surface area contributed by atoms with Gasteiger partial charge in [-0.15, -0.1) is 0 Å². The second-order valence-electron chi connectivity index (χ2n) is 5.11. The standard InChI is InChI=1S/C12H18N2O3/c1-8(2)10-5-9(14-17-10)11(16)13-6-12(7-15)3-4-12/h5,8,15H,3-4,6-7H2,1-2H3,(H,13,16). The Bertz CT molecular complexity index is 408. The molecule has 0 aromatic carbocycles. The number of aliphatic hydroxyl groups excluding tert-OH is 1. The molecule has 2 rings (SSSR count). The van der Waals surface area contributed by atoms with Crippen LogP contribution in [0.25, 0.3) is 0 Å². The van der Waals surface area contributed by atoms with E-state index in [0.29, 0.717) is 18.0 Å². The summed E-state index contributed by atoms with van der Waals surface area (Å²) in [5.74, 6) is 0.690. The summed E-state index contributed by atoms with van der Waals surface area (Å²) in [4.78, 5) is 11.8. The number of amides is 1. The summed E-state index contributed by atoms with van der Waals surface area (Å²) in [6, 6.07) is 1.67. The first kappa shape index (κ1) is 12.1. The molecule has 0 atom stereocenters. The first-order valence-electron chi connectivity index (χ1n) is 5.92. The van der Waals surface area contributed by atoms with Gasteiger partial charge >= 0.3 is 0 Å². The van der Waals surface area contributed by atoms with Crippen LogP contribution in [-0.4, -0.2) is 29.3 Å². The Hall–Kier alpha value is -1.36. The Morgan fingerprint density at radius 1 is 1.65 bits per heavy atom. The maximum absolute atomic E-state index is 11.8. The van der Waals surface area contributed by atoms with Crippen molar-refractivity contribution >= 4 is 5.91 Å². The fourth-order valence-corrected chi connectivity index (χ4v) is 1.59. The number of carbonyl (C=O) groups is 1. The normalized spacial score (nSPS) is 17.2. The Morgan fingerprint density at radius 2 is 2.35 bits per heavy atom. The Kier molecular flexibility index (Phi) is 3.19. The molecule has 2 N–H and O–H groups in total. The van der Waals surface area contributed by atoms with Gasteiger partial charge < -0.3 is 14.9 Å². The van der Waals surface area contributed by atoms with Gasteiger partial charge in [-0.05, 0) is 12.8 Å². The molecule has 1 aliphatic carbocycles. The van der Waals surface area contributed by atoms with Crippen LogP contribution in [0.4, 0.5) is 0 Å². The number of aromatic nitrogens is 1. The van der Waals surface area contributed by atoms with Crippen LogP contribution in [-0.2, 0) is 0 Å². The van der Waals surface area contributed by atoms with E-state index in [-0.39, 0.29) is 23.8 Å². The Balaban J connectivity index is 1.90. The first-order chi connectivity index (χ1) is 8.06. The highest BCUT2D eigenvalue weighted by Gasteiger charge is 2.42. The zero-order valence-electron chi connectivity index (χ0n) is 10.2. The van der Waals surface area contributed by atoms with E-state index in [0.717, 1.165) is 12.8 Å². The van der Waals surface area contributed by atoms with Gasteiger partial charge in [0.25, 0.3) is 5.91 Å². The minimum atomic E-state index is -0.236. The zero-order valence-corrected chi connectivity index (χ0v) is 10.2. The summed E-state index contributed by atoms with van der Waals surface area (Å²) in [7, 11) is 0. The molecule has 1 fully saturated rings. The maximum Gasteiger partial charge on any atom is 0.273 e. The molecule has 0 unspecified atom stereocenters. The van der Waals surface area contributed by atoms with Crippen molar-refractivity contribution in [2.45, 2.75) is 32.6 Å². The van der Waals surface area contributed by atoms with E-state index >= 15 is 0 Å². The second-order valence-corrected chi connectivity index (χ2v) is 5.11. The lowest BCUT2D eigenvalue weighted by Crippen LogP contribution is -2.32. The van der Waals surface area contributed by atoms with Crippen molar-refractivity contribution in [3.05, 3.63) is 17.5 Å². The van der Waals surface area contributed by atoms with E-state index in [9.17, 15) is 4.79 Å². The molecular weight excluding hydrogens is 220 g/mol. The Labute approximate surface area is 100 Å². The summed E-state index contributed by atoms with van der Waals surface area (Å²) >= 11 is 0. The Morgan fingerprint density at radius 3 is 2.82 bits per heavy atom. The van der Waals surface area contributed by atoms with Crippen molar-refractivity contribution in [2.75, 3.05) is 13.2 Å². The van der Waals surface area contributed by atoms with Crippen molar-refractivity contribution in [1.82, 2.24) is 10.5 Å². The number of rotatable bonds is 5. The summed E-state index contributed by atoms with van der Waals surface area (Å²) in [5.41, 5.74) is 0.225. The smallest absolute Gasteiger partial charge is 0.273 e. The number of aliphatic hydroxyl groups is 1. The van der Waals surface area contributed by atoms with E-state index < -0.39 is 0 Å². The van der Waals surface area contributed by atoms with Gasteiger partial charge in [0.05, 0.1) is 6.61 Å². The molecule has 0 bridgehead atoms. The highest BCUT2D eigenvalue weighted by Crippen LogP contribution is 2.44.